The van der Waals surface area contributed by atoms with Crippen molar-refractivity contribution in [3.8, 4) is 28.7 Å². The third kappa shape index (κ3) is 3.13. The molecule has 0 aliphatic rings. The molecular formula is C18H11ClF3N5O. The van der Waals surface area contributed by atoms with Gasteiger partial charge in [-0.3, -0.25) is 0 Å². The van der Waals surface area contributed by atoms with E-state index >= 15 is 0 Å². The van der Waals surface area contributed by atoms with Crippen LogP contribution in [0, 0.1) is 6.92 Å². The van der Waals surface area contributed by atoms with Crippen LogP contribution in [0.15, 0.2) is 53.1 Å². The van der Waals surface area contributed by atoms with Crippen LogP contribution in [0.4, 0.5) is 13.2 Å². The Morgan fingerprint density at radius 1 is 1.04 bits per heavy atom. The summed E-state index contributed by atoms with van der Waals surface area (Å²) >= 11 is 6.13. The standard InChI is InChI=1S/C18H11ClF3N5O/c1-10-15(17-23-16(25-28-17)11-6-2-4-8-13(11)19)24-26-27(10)14-9-5-3-7-12(14)18(20,21)22/h2-9H,1H3. The Labute approximate surface area is 161 Å². The van der Waals surface area contributed by atoms with E-state index in [1.807, 2.05) is 0 Å². The van der Waals surface area contributed by atoms with Gasteiger partial charge in [0.25, 0.3) is 5.89 Å². The van der Waals surface area contributed by atoms with Gasteiger partial charge in [-0.25, -0.2) is 4.68 Å². The zero-order chi connectivity index (χ0) is 19.9. The molecule has 0 radical (unpaired) electrons. The van der Waals surface area contributed by atoms with Gasteiger partial charge in [0, 0.05) is 5.56 Å². The lowest BCUT2D eigenvalue weighted by atomic mass is 10.1. The molecule has 0 unspecified atom stereocenters. The molecular weight excluding hydrogens is 395 g/mol. The number of nitrogens with zero attached hydrogens (tertiary/aromatic N) is 5. The van der Waals surface area contributed by atoms with E-state index in [1.165, 1.54) is 18.2 Å². The molecule has 0 aliphatic carbocycles. The normalized spacial score (nSPS) is 11.8. The molecule has 0 atom stereocenters. The average Bonchev–Trinajstić information content (AvgIpc) is 3.28. The lowest BCUT2D eigenvalue weighted by molar-refractivity contribution is -0.137. The number of rotatable bonds is 3. The zero-order valence-corrected chi connectivity index (χ0v) is 15.0. The molecule has 10 heteroatoms. The fraction of sp³-hybridized carbons (Fsp3) is 0.111. The molecule has 0 amide bonds. The Morgan fingerprint density at radius 2 is 1.75 bits per heavy atom. The van der Waals surface area contributed by atoms with Gasteiger partial charge < -0.3 is 4.52 Å². The van der Waals surface area contributed by atoms with E-state index in [-0.39, 0.29) is 23.1 Å². The van der Waals surface area contributed by atoms with Crippen molar-refractivity contribution in [1.82, 2.24) is 25.1 Å². The molecule has 142 valence electrons. The molecule has 2 aromatic heterocycles. The third-order valence-electron chi connectivity index (χ3n) is 4.08. The van der Waals surface area contributed by atoms with Crippen LogP contribution in [0.25, 0.3) is 28.7 Å². The predicted molar refractivity (Wildman–Crippen MR) is 94.8 cm³/mol. The second-order valence-corrected chi connectivity index (χ2v) is 6.26. The first kappa shape index (κ1) is 18.2. The second-order valence-electron chi connectivity index (χ2n) is 5.85. The summed E-state index contributed by atoms with van der Waals surface area (Å²) < 4.78 is 46.3. The summed E-state index contributed by atoms with van der Waals surface area (Å²) in [5, 5.41) is 12.1. The van der Waals surface area contributed by atoms with E-state index in [0.717, 1.165) is 10.7 Å². The highest BCUT2D eigenvalue weighted by Crippen LogP contribution is 2.35. The summed E-state index contributed by atoms with van der Waals surface area (Å²) in [6.07, 6.45) is -4.53. The number of para-hydroxylation sites is 1. The Balaban J connectivity index is 1.77. The van der Waals surface area contributed by atoms with E-state index in [0.29, 0.717) is 16.3 Å². The number of aromatic nitrogens is 5. The molecule has 6 nitrogen and oxygen atoms in total. The molecule has 0 fully saturated rings. The van der Waals surface area contributed by atoms with Gasteiger partial charge in [0.05, 0.1) is 22.0 Å². The van der Waals surface area contributed by atoms with Gasteiger partial charge in [0.1, 0.15) is 0 Å². The fourth-order valence-electron chi connectivity index (χ4n) is 2.73. The molecule has 0 saturated carbocycles. The van der Waals surface area contributed by atoms with Crippen LogP contribution in [0.3, 0.4) is 0 Å². The van der Waals surface area contributed by atoms with E-state index < -0.39 is 11.7 Å². The maximum absolute atomic E-state index is 13.3. The van der Waals surface area contributed by atoms with Crippen molar-refractivity contribution in [2.75, 3.05) is 0 Å². The fourth-order valence-corrected chi connectivity index (χ4v) is 2.95. The number of benzene rings is 2. The quantitative estimate of drug-likeness (QED) is 0.481. The molecule has 4 rings (SSSR count). The molecule has 0 spiro atoms. The van der Waals surface area contributed by atoms with E-state index in [1.54, 1.807) is 31.2 Å². The van der Waals surface area contributed by atoms with Gasteiger partial charge in [0.15, 0.2) is 5.69 Å². The molecule has 0 bridgehead atoms. The van der Waals surface area contributed by atoms with E-state index in [9.17, 15) is 13.2 Å². The average molecular weight is 406 g/mol. The molecule has 0 saturated heterocycles. The van der Waals surface area contributed by atoms with Crippen LogP contribution in [0.2, 0.25) is 5.02 Å². The summed E-state index contributed by atoms with van der Waals surface area (Å²) in [7, 11) is 0. The van der Waals surface area contributed by atoms with Crippen molar-refractivity contribution in [2.45, 2.75) is 13.1 Å². The van der Waals surface area contributed by atoms with Crippen molar-refractivity contribution in [3.05, 3.63) is 64.8 Å². The summed E-state index contributed by atoms with van der Waals surface area (Å²) in [6.45, 7) is 1.57. The zero-order valence-electron chi connectivity index (χ0n) is 14.3. The summed E-state index contributed by atoms with van der Waals surface area (Å²) in [5.74, 6) is 0.272. The summed E-state index contributed by atoms with van der Waals surface area (Å²) in [5.41, 5.74) is 0.106. The highest BCUT2D eigenvalue weighted by Gasteiger charge is 2.34. The largest absolute Gasteiger partial charge is 0.418 e. The van der Waals surface area contributed by atoms with E-state index in [2.05, 4.69) is 20.5 Å². The Kier molecular flexibility index (Phi) is 4.38. The van der Waals surface area contributed by atoms with Gasteiger partial charge in [-0.05, 0) is 31.2 Å². The Bertz CT molecular complexity index is 1150. The minimum Gasteiger partial charge on any atom is -0.332 e. The van der Waals surface area contributed by atoms with Crippen LogP contribution in [-0.4, -0.2) is 25.1 Å². The number of hydrogen-bond acceptors (Lipinski definition) is 5. The molecule has 28 heavy (non-hydrogen) atoms. The monoisotopic (exact) mass is 405 g/mol. The maximum Gasteiger partial charge on any atom is 0.418 e. The number of hydrogen-bond donors (Lipinski definition) is 0. The van der Waals surface area contributed by atoms with Crippen LogP contribution in [0.5, 0.6) is 0 Å². The first-order valence-electron chi connectivity index (χ1n) is 8.04. The maximum atomic E-state index is 13.3. The lowest BCUT2D eigenvalue weighted by Crippen LogP contribution is -2.12. The summed E-state index contributed by atoms with van der Waals surface area (Å²) in [6, 6.07) is 12.0. The molecule has 0 N–H and O–H groups in total. The summed E-state index contributed by atoms with van der Waals surface area (Å²) in [4.78, 5) is 4.25. The van der Waals surface area contributed by atoms with Crippen LogP contribution < -0.4 is 0 Å². The van der Waals surface area contributed by atoms with Crippen molar-refractivity contribution in [2.24, 2.45) is 0 Å². The Hall–Kier alpha value is -3.20. The van der Waals surface area contributed by atoms with Gasteiger partial charge >= 0.3 is 6.18 Å². The highest BCUT2D eigenvalue weighted by molar-refractivity contribution is 6.33. The Morgan fingerprint density at radius 3 is 2.50 bits per heavy atom. The molecule has 4 aromatic rings. The first-order chi connectivity index (χ1) is 13.4. The van der Waals surface area contributed by atoms with Crippen LogP contribution in [-0.2, 0) is 6.18 Å². The van der Waals surface area contributed by atoms with Gasteiger partial charge in [-0.2, -0.15) is 18.2 Å². The van der Waals surface area contributed by atoms with Crippen LogP contribution >= 0.6 is 11.6 Å². The molecule has 2 aromatic carbocycles. The van der Waals surface area contributed by atoms with Crippen molar-refractivity contribution >= 4 is 11.6 Å². The highest BCUT2D eigenvalue weighted by atomic mass is 35.5. The van der Waals surface area contributed by atoms with Gasteiger partial charge in [-0.1, -0.05) is 46.2 Å². The first-order valence-corrected chi connectivity index (χ1v) is 8.42. The van der Waals surface area contributed by atoms with E-state index in [4.69, 9.17) is 16.1 Å². The minimum absolute atomic E-state index is 0.0307. The number of alkyl halides is 3. The lowest BCUT2D eigenvalue weighted by Gasteiger charge is -2.12. The van der Waals surface area contributed by atoms with Crippen molar-refractivity contribution < 1.29 is 17.7 Å². The van der Waals surface area contributed by atoms with Crippen LogP contribution in [0.1, 0.15) is 11.3 Å². The smallest absolute Gasteiger partial charge is 0.332 e. The van der Waals surface area contributed by atoms with Crippen molar-refractivity contribution in [1.29, 1.82) is 0 Å². The molecule has 0 aliphatic heterocycles. The van der Waals surface area contributed by atoms with Gasteiger partial charge in [0.2, 0.25) is 5.82 Å². The van der Waals surface area contributed by atoms with Gasteiger partial charge in [-0.15, -0.1) is 5.10 Å². The third-order valence-corrected chi connectivity index (χ3v) is 4.41. The van der Waals surface area contributed by atoms with Crippen molar-refractivity contribution in [3.63, 3.8) is 0 Å². The topological polar surface area (TPSA) is 69.6 Å². The second kappa shape index (κ2) is 6.75. The molecule has 2 heterocycles. The predicted octanol–water partition coefficient (Wildman–Crippen LogP) is 4.96. The SMILES string of the molecule is Cc1c(-c2nc(-c3ccccc3Cl)no2)nnn1-c1ccccc1C(F)(F)F. The minimum atomic E-state index is -4.53. The number of halogens is 4.